The SMILES string of the molecule is O=C(NCCn1ccc2ccc(Cl)cc21)C(Cc1ccccc1)n1cnnn1. The lowest BCUT2D eigenvalue weighted by molar-refractivity contribution is -0.124. The minimum atomic E-state index is -0.506. The fourth-order valence-corrected chi connectivity index (χ4v) is 3.39. The van der Waals surface area contributed by atoms with Gasteiger partial charge in [0, 0.05) is 36.2 Å². The summed E-state index contributed by atoms with van der Waals surface area (Å²) in [5.74, 6) is -0.120. The molecule has 0 bridgehead atoms. The van der Waals surface area contributed by atoms with E-state index >= 15 is 0 Å². The molecular weight excluding hydrogens is 376 g/mol. The second kappa shape index (κ2) is 8.22. The minimum Gasteiger partial charge on any atom is -0.352 e. The van der Waals surface area contributed by atoms with Crippen molar-refractivity contribution in [2.45, 2.75) is 19.0 Å². The third-order valence-corrected chi connectivity index (χ3v) is 4.88. The van der Waals surface area contributed by atoms with E-state index in [1.165, 1.54) is 11.0 Å². The number of hydrogen-bond acceptors (Lipinski definition) is 4. The molecule has 0 aliphatic heterocycles. The van der Waals surface area contributed by atoms with Gasteiger partial charge >= 0.3 is 0 Å². The lowest BCUT2D eigenvalue weighted by Gasteiger charge is -2.17. The van der Waals surface area contributed by atoms with E-state index in [0.29, 0.717) is 24.5 Å². The molecule has 0 spiro atoms. The van der Waals surface area contributed by atoms with Gasteiger partial charge in [0.15, 0.2) is 0 Å². The van der Waals surface area contributed by atoms with E-state index in [0.717, 1.165) is 16.5 Å². The number of fused-ring (bicyclic) bond motifs is 1. The first-order valence-corrected chi connectivity index (χ1v) is 9.37. The van der Waals surface area contributed by atoms with Crippen LogP contribution in [0.1, 0.15) is 11.6 Å². The van der Waals surface area contributed by atoms with Crippen LogP contribution in [0.15, 0.2) is 67.1 Å². The zero-order chi connectivity index (χ0) is 19.3. The third kappa shape index (κ3) is 4.04. The van der Waals surface area contributed by atoms with Crippen LogP contribution in [0, 0.1) is 0 Å². The summed E-state index contributed by atoms with van der Waals surface area (Å²) in [6.45, 7) is 1.13. The zero-order valence-electron chi connectivity index (χ0n) is 15.1. The molecule has 142 valence electrons. The van der Waals surface area contributed by atoms with E-state index in [1.807, 2.05) is 60.8 Å². The van der Waals surface area contributed by atoms with Gasteiger partial charge in [-0.1, -0.05) is 48.0 Å². The zero-order valence-corrected chi connectivity index (χ0v) is 15.8. The first-order valence-electron chi connectivity index (χ1n) is 8.99. The van der Waals surface area contributed by atoms with Gasteiger partial charge in [-0.05, 0) is 39.6 Å². The smallest absolute Gasteiger partial charge is 0.245 e. The fraction of sp³-hybridized carbons (Fsp3) is 0.200. The molecule has 0 saturated carbocycles. The summed E-state index contributed by atoms with van der Waals surface area (Å²) in [4.78, 5) is 12.8. The van der Waals surface area contributed by atoms with E-state index in [4.69, 9.17) is 11.6 Å². The van der Waals surface area contributed by atoms with E-state index in [-0.39, 0.29) is 5.91 Å². The van der Waals surface area contributed by atoms with Gasteiger partial charge in [0.05, 0.1) is 0 Å². The Bertz CT molecular complexity index is 1060. The fourth-order valence-electron chi connectivity index (χ4n) is 3.22. The Labute approximate surface area is 166 Å². The van der Waals surface area contributed by atoms with Crippen LogP contribution < -0.4 is 5.32 Å². The molecule has 0 aliphatic rings. The molecule has 2 heterocycles. The maximum absolute atomic E-state index is 12.8. The lowest BCUT2D eigenvalue weighted by atomic mass is 10.1. The number of nitrogens with zero attached hydrogens (tertiary/aromatic N) is 5. The molecule has 4 aromatic rings. The van der Waals surface area contributed by atoms with E-state index in [9.17, 15) is 4.79 Å². The Balaban J connectivity index is 1.43. The van der Waals surface area contributed by atoms with Crippen LogP contribution in [0.3, 0.4) is 0 Å². The summed E-state index contributed by atoms with van der Waals surface area (Å²) >= 11 is 6.10. The largest absolute Gasteiger partial charge is 0.352 e. The van der Waals surface area contributed by atoms with E-state index in [2.05, 4.69) is 25.4 Å². The normalized spacial score (nSPS) is 12.2. The molecular formula is C20H19ClN6O. The Kier molecular flexibility index (Phi) is 5.34. The molecule has 0 radical (unpaired) electrons. The van der Waals surface area contributed by atoms with Gasteiger partial charge in [-0.15, -0.1) is 5.10 Å². The molecule has 4 rings (SSSR count). The maximum atomic E-state index is 12.8. The highest BCUT2D eigenvalue weighted by molar-refractivity contribution is 6.31. The van der Waals surface area contributed by atoms with Gasteiger partial charge in [0.2, 0.25) is 5.91 Å². The molecule has 28 heavy (non-hydrogen) atoms. The highest BCUT2D eigenvalue weighted by Gasteiger charge is 2.22. The second-order valence-electron chi connectivity index (χ2n) is 6.50. The number of tetrazole rings is 1. The average molecular weight is 395 g/mol. The number of benzene rings is 2. The molecule has 1 atom stereocenters. The molecule has 1 amide bonds. The van der Waals surface area contributed by atoms with Crippen LogP contribution >= 0.6 is 11.6 Å². The van der Waals surface area contributed by atoms with Gasteiger partial charge in [0.1, 0.15) is 12.4 Å². The van der Waals surface area contributed by atoms with Gasteiger partial charge in [0.25, 0.3) is 0 Å². The van der Waals surface area contributed by atoms with Crippen LogP contribution in [0.5, 0.6) is 0 Å². The average Bonchev–Trinajstić information content (AvgIpc) is 3.37. The summed E-state index contributed by atoms with van der Waals surface area (Å²) < 4.78 is 3.57. The molecule has 0 fully saturated rings. The minimum absolute atomic E-state index is 0.120. The first-order chi connectivity index (χ1) is 13.7. The van der Waals surface area contributed by atoms with Crippen molar-refractivity contribution in [1.29, 1.82) is 0 Å². The number of nitrogens with one attached hydrogen (secondary N) is 1. The van der Waals surface area contributed by atoms with Gasteiger partial charge in [-0.2, -0.15) is 0 Å². The number of rotatable bonds is 7. The molecule has 1 N–H and O–H groups in total. The van der Waals surface area contributed by atoms with Crippen molar-refractivity contribution in [1.82, 2.24) is 30.1 Å². The second-order valence-corrected chi connectivity index (χ2v) is 6.94. The number of halogens is 1. The highest BCUT2D eigenvalue weighted by atomic mass is 35.5. The van der Waals surface area contributed by atoms with E-state index < -0.39 is 6.04 Å². The highest BCUT2D eigenvalue weighted by Crippen LogP contribution is 2.20. The Hall–Kier alpha value is -3.19. The van der Waals surface area contributed by atoms with Crippen molar-refractivity contribution in [3.05, 3.63) is 77.7 Å². The predicted octanol–water partition coefficient (Wildman–Crippen LogP) is 2.88. The number of hydrogen-bond donors (Lipinski definition) is 1. The van der Waals surface area contributed by atoms with Crippen molar-refractivity contribution in [2.75, 3.05) is 6.54 Å². The van der Waals surface area contributed by atoms with Crippen molar-refractivity contribution in [3.63, 3.8) is 0 Å². The third-order valence-electron chi connectivity index (χ3n) is 4.65. The summed E-state index contributed by atoms with van der Waals surface area (Å²) in [5.41, 5.74) is 2.09. The number of carbonyl (C=O) groups excluding carboxylic acids is 1. The molecule has 7 nitrogen and oxygen atoms in total. The van der Waals surface area contributed by atoms with Crippen molar-refractivity contribution < 1.29 is 4.79 Å². The van der Waals surface area contributed by atoms with Crippen LogP contribution in [0.25, 0.3) is 10.9 Å². The van der Waals surface area contributed by atoms with Gasteiger partial charge < -0.3 is 9.88 Å². The quantitative estimate of drug-likeness (QED) is 0.523. The molecule has 8 heteroatoms. The Morgan fingerprint density at radius 1 is 1.14 bits per heavy atom. The summed E-state index contributed by atoms with van der Waals surface area (Å²) in [6, 6.07) is 17.1. The summed E-state index contributed by atoms with van der Waals surface area (Å²) in [7, 11) is 0. The van der Waals surface area contributed by atoms with Crippen LogP contribution in [-0.2, 0) is 17.8 Å². The van der Waals surface area contributed by atoms with Gasteiger partial charge in [-0.25, -0.2) is 4.68 Å². The van der Waals surface area contributed by atoms with Crippen LogP contribution in [-0.4, -0.2) is 37.2 Å². The maximum Gasteiger partial charge on any atom is 0.245 e. The number of carbonyl (C=O) groups is 1. The van der Waals surface area contributed by atoms with E-state index in [1.54, 1.807) is 0 Å². The van der Waals surface area contributed by atoms with Crippen molar-refractivity contribution in [3.8, 4) is 0 Å². The molecule has 0 aliphatic carbocycles. The Morgan fingerprint density at radius 2 is 2.00 bits per heavy atom. The number of amides is 1. The van der Waals surface area contributed by atoms with Crippen molar-refractivity contribution in [2.24, 2.45) is 0 Å². The Morgan fingerprint density at radius 3 is 2.79 bits per heavy atom. The van der Waals surface area contributed by atoms with Crippen LogP contribution in [0.4, 0.5) is 0 Å². The molecule has 1 unspecified atom stereocenters. The van der Waals surface area contributed by atoms with Gasteiger partial charge in [-0.3, -0.25) is 4.79 Å². The lowest BCUT2D eigenvalue weighted by Crippen LogP contribution is -2.36. The topological polar surface area (TPSA) is 77.6 Å². The predicted molar refractivity (Wildman–Crippen MR) is 107 cm³/mol. The molecule has 2 aromatic carbocycles. The van der Waals surface area contributed by atoms with Crippen LogP contribution in [0.2, 0.25) is 5.02 Å². The van der Waals surface area contributed by atoms with Crippen molar-refractivity contribution >= 4 is 28.4 Å². The standard InChI is InChI=1S/C20H19ClN6O/c21-17-7-6-16-8-10-26(18(16)13-17)11-9-22-20(28)19(27-14-23-24-25-27)12-15-4-2-1-3-5-15/h1-8,10,13-14,19H,9,11-12H2,(H,22,28). The summed E-state index contributed by atoms with van der Waals surface area (Å²) in [5, 5.41) is 16.1. The molecule has 0 saturated heterocycles. The number of aromatic nitrogens is 5. The molecule has 2 aromatic heterocycles. The monoisotopic (exact) mass is 394 g/mol. The first kappa shape index (κ1) is 18.2. The summed E-state index contributed by atoms with van der Waals surface area (Å²) in [6.07, 6.45) is 3.98.